The molecule has 1 aliphatic rings. The SMILES string of the molecule is Fc1cccc(Cl)c1CC1=NCCN1. The van der Waals surface area contributed by atoms with Gasteiger partial charge in [0.05, 0.1) is 6.54 Å². The summed E-state index contributed by atoms with van der Waals surface area (Å²) in [7, 11) is 0. The van der Waals surface area contributed by atoms with E-state index in [0.717, 1.165) is 18.9 Å². The monoisotopic (exact) mass is 212 g/mol. The van der Waals surface area contributed by atoms with Crippen LogP contribution in [0.15, 0.2) is 23.2 Å². The molecule has 1 N–H and O–H groups in total. The highest BCUT2D eigenvalue weighted by molar-refractivity contribution is 6.31. The lowest BCUT2D eigenvalue weighted by molar-refractivity contribution is 0.615. The van der Waals surface area contributed by atoms with Gasteiger partial charge in [0.1, 0.15) is 11.7 Å². The summed E-state index contributed by atoms with van der Waals surface area (Å²) >= 11 is 5.89. The van der Waals surface area contributed by atoms with Gasteiger partial charge in [0.15, 0.2) is 0 Å². The maximum atomic E-state index is 13.3. The fraction of sp³-hybridized carbons (Fsp3) is 0.300. The average molecular weight is 213 g/mol. The standard InChI is InChI=1S/C10H10ClFN2/c11-8-2-1-3-9(12)7(8)6-10-13-4-5-14-10/h1-3H,4-6H2,(H,13,14). The molecular formula is C10H10ClFN2. The van der Waals surface area contributed by atoms with Crippen LogP contribution in [0.4, 0.5) is 4.39 Å². The number of nitrogens with zero attached hydrogens (tertiary/aromatic N) is 1. The Bertz CT molecular complexity index is 356. The van der Waals surface area contributed by atoms with Gasteiger partial charge in [-0.1, -0.05) is 17.7 Å². The van der Waals surface area contributed by atoms with Gasteiger partial charge in [-0.15, -0.1) is 0 Å². The summed E-state index contributed by atoms with van der Waals surface area (Å²) in [6, 6.07) is 4.71. The number of benzene rings is 1. The summed E-state index contributed by atoms with van der Waals surface area (Å²) in [4.78, 5) is 4.19. The minimum Gasteiger partial charge on any atom is -0.372 e. The van der Waals surface area contributed by atoms with Crippen molar-refractivity contribution in [2.24, 2.45) is 4.99 Å². The molecule has 0 amide bonds. The smallest absolute Gasteiger partial charge is 0.128 e. The van der Waals surface area contributed by atoms with Gasteiger partial charge in [-0.3, -0.25) is 4.99 Å². The average Bonchev–Trinajstić information content (AvgIpc) is 2.64. The Balaban J connectivity index is 2.23. The van der Waals surface area contributed by atoms with Crippen molar-refractivity contribution in [1.29, 1.82) is 0 Å². The highest BCUT2D eigenvalue weighted by Gasteiger charge is 2.12. The highest BCUT2D eigenvalue weighted by atomic mass is 35.5. The molecule has 0 unspecified atom stereocenters. The third-order valence-electron chi connectivity index (χ3n) is 2.15. The van der Waals surface area contributed by atoms with Crippen LogP contribution in [0.2, 0.25) is 5.02 Å². The lowest BCUT2D eigenvalue weighted by Crippen LogP contribution is -2.21. The van der Waals surface area contributed by atoms with Gasteiger partial charge in [-0.2, -0.15) is 0 Å². The van der Waals surface area contributed by atoms with Gasteiger partial charge in [0, 0.05) is 23.6 Å². The van der Waals surface area contributed by atoms with Gasteiger partial charge < -0.3 is 5.32 Å². The van der Waals surface area contributed by atoms with Gasteiger partial charge in [-0.25, -0.2) is 4.39 Å². The van der Waals surface area contributed by atoms with Crippen LogP contribution in [0.5, 0.6) is 0 Å². The molecule has 0 saturated carbocycles. The summed E-state index contributed by atoms with van der Waals surface area (Å²) in [5.74, 6) is 0.547. The number of halogens is 2. The van der Waals surface area contributed by atoms with E-state index in [1.807, 2.05) is 0 Å². The largest absolute Gasteiger partial charge is 0.372 e. The zero-order valence-electron chi connectivity index (χ0n) is 7.56. The maximum Gasteiger partial charge on any atom is 0.128 e. The van der Waals surface area contributed by atoms with Crippen LogP contribution in [0.1, 0.15) is 5.56 Å². The van der Waals surface area contributed by atoms with E-state index in [4.69, 9.17) is 11.6 Å². The van der Waals surface area contributed by atoms with Crippen LogP contribution in [-0.2, 0) is 6.42 Å². The first-order valence-corrected chi connectivity index (χ1v) is 4.85. The molecule has 74 valence electrons. The molecule has 0 bridgehead atoms. The Morgan fingerprint density at radius 3 is 3.00 bits per heavy atom. The van der Waals surface area contributed by atoms with Gasteiger partial charge in [-0.05, 0) is 12.1 Å². The number of hydrogen-bond acceptors (Lipinski definition) is 2. The Hall–Kier alpha value is -1.09. The molecule has 1 aromatic carbocycles. The zero-order chi connectivity index (χ0) is 9.97. The molecule has 0 spiro atoms. The molecule has 14 heavy (non-hydrogen) atoms. The Labute approximate surface area is 86.8 Å². The van der Waals surface area contributed by atoms with Crippen molar-refractivity contribution in [2.75, 3.05) is 13.1 Å². The lowest BCUT2D eigenvalue weighted by Gasteiger charge is -2.05. The van der Waals surface area contributed by atoms with Crippen molar-refractivity contribution in [3.63, 3.8) is 0 Å². The minimum absolute atomic E-state index is 0.270. The first-order valence-electron chi connectivity index (χ1n) is 4.47. The molecule has 0 atom stereocenters. The second-order valence-corrected chi connectivity index (χ2v) is 3.54. The number of aliphatic imine (C=N–C) groups is 1. The van der Waals surface area contributed by atoms with E-state index in [-0.39, 0.29) is 5.82 Å². The van der Waals surface area contributed by atoms with E-state index in [2.05, 4.69) is 10.3 Å². The van der Waals surface area contributed by atoms with Crippen LogP contribution >= 0.6 is 11.6 Å². The minimum atomic E-state index is -0.270. The molecule has 0 fully saturated rings. The van der Waals surface area contributed by atoms with Crippen LogP contribution in [0.3, 0.4) is 0 Å². The van der Waals surface area contributed by atoms with Gasteiger partial charge >= 0.3 is 0 Å². The van der Waals surface area contributed by atoms with Crippen molar-refractivity contribution in [1.82, 2.24) is 5.32 Å². The molecule has 1 aromatic rings. The molecule has 0 saturated heterocycles. The molecular weight excluding hydrogens is 203 g/mol. The number of rotatable bonds is 2. The van der Waals surface area contributed by atoms with Crippen LogP contribution in [0.25, 0.3) is 0 Å². The molecule has 2 rings (SSSR count). The number of hydrogen-bond donors (Lipinski definition) is 1. The van der Waals surface area contributed by atoms with Crippen LogP contribution < -0.4 is 5.32 Å². The summed E-state index contributed by atoms with van der Waals surface area (Å²) in [6.07, 6.45) is 0.450. The molecule has 1 aliphatic heterocycles. The van der Waals surface area contributed by atoms with E-state index in [1.165, 1.54) is 6.07 Å². The van der Waals surface area contributed by atoms with Gasteiger partial charge in [0.2, 0.25) is 0 Å². The normalized spacial score (nSPS) is 15.1. The molecule has 0 radical (unpaired) electrons. The quantitative estimate of drug-likeness (QED) is 0.797. The van der Waals surface area contributed by atoms with E-state index in [0.29, 0.717) is 17.0 Å². The predicted octanol–water partition coefficient (Wildman–Crippen LogP) is 2.02. The second kappa shape index (κ2) is 3.96. The summed E-state index contributed by atoms with van der Waals surface area (Å²) in [6.45, 7) is 1.60. The number of nitrogens with one attached hydrogen (secondary N) is 1. The topological polar surface area (TPSA) is 24.4 Å². The van der Waals surface area contributed by atoms with Crippen molar-refractivity contribution < 1.29 is 4.39 Å². The fourth-order valence-electron chi connectivity index (χ4n) is 1.43. The van der Waals surface area contributed by atoms with Gasteiger partial charge in [0.25, 0.3) is 0 Å². The van der Waals surface area contributed by atoms with Crippen molar-refractivity contribution in [3.8, 4) is 0 Å². The van der Waals surface area contributed by atoms with Crippen molar-refractivity contribution in [3.05, 3.63) is 34.6 Å². The summed E-state index contributed by atoms with van der Waals surface area (Å²) < 4.78 is 13.3. The summed E-state index contributed by atoms with van der Waals surface area (Å²) in [5, 5.41) is 3.54. The van der Waals surface area contributed by atoms with E-state index >= 15 is 0 Å². The molecule has 0 aliphatic carbocycles. The van der Waals surface area contributed by atoms with Crippen molar-refractivity contribution in [2.45, 2.75) is 6.42 Å². The fourth-order valence-corrected chi connectivity index (χ4v) is 1.66. The van der Waals surface area contributed by atoms with Crippen molar-refractivity contribution >= 4 is 17.4 Å². The third kappa shape index (κ3) is 1.87. The zero-order valence-corrected chi connectivity index (χ0v) is 8.31. The predicted molar refractivity (Wildman–Crippen MR) is 55.4 cm³/mol. The maximum absolute atomic E-state index is 13.3. The summed E-state index contributed by atoms with van der Waals surface area (Å²) in [5.41, 5.74) is 0.516. The second-order valence-electron chi connectivity index (χ2n) is 3.13. The number of amidine groups is 1. The highest BCUT2D eigenvalue weighted by Crippen LogP contribution is 2.19. The third-order valence-corrected chi connectivity index (χ3v) is 2.50. The Morgan fingerprint density at radius 2 is 2.36 bits per heavy atom. The first-order chi connectivity index (χ1) is 6.77. The van der Waals surface area contributed by atoms with E-state index < -0.39 is 0 Å². The van der Waals surface area contributed by atoms with E-state index in [9.17, 15) is 4.39 Å². The molecule has 0 aromatic heterocycles. The molecule has 1 heterocycles. The molecule has 4 heteroatoms. The molecule has 2 nitrogen and oxygen atoms in total. The Kier molecular flexibility index (Phi) is 2.68. The Morgan fingerprint density at radius 1 is 1.50 bits per heavy atom. The van der Waals surface area contributed by atoms with Crippen LogP contribution in [0, 0.1) is 5.82 Å². The lowest BCUT2D eigenvalue weighted by atomic mass is 10.1. The first kappa shape index (κ1) is 9.46. The van der Waals surface area contributed by atoms with E-state index in [1.54, 1.807) is 12.1 Å². The van der Waals surface area contributed by atoms with Crippen LogP contribution in [-0.4, -0.2) is 18.9 Å².